The lowest BCUT2D eigenvalue weighted by molar-refractivity contribution is -0.111. The molecule has 0 unspecified atom stereocenters. The van der Waals surface area contributed by atoms with Gasteiger partial charge in [0.15, 0.2) is 11.5 Å². The molecule has 0 saturated carbocycles. The third kappa shape index (κ3) is 5.75. The van der Waals surface area contributed by atoms with Crippen molar-refractivity contribution >= 4 is 40.9 Å². The summed E-state index contributed by atoms with van der Waals surface area (Å²) in [5, 5.41) is 3.70. The van der Waals surface area contributed by atoms with Gasteiger partial charge >= 0.3 is 0 Å². The highest BCUT2D eigenvalue weighted by molar-refractivity contribution is 6.35. The van der Waals surface area contributed by atoms with Crippen LogP contribution in [0.4, 0.5) is 10.1 Å². The molecule has 1 amide bonds. The molecule has 0 fully saturated rings. The predicted molar refractivity (Wildman–Crippen MR) is 118 cm³/mol. The number of hydrogen-bond donors (Lipinski definition) is 1. The summed E-state index contributed by atoms with van der Waals surface area (Å²) in [7, 11) is 1.53. The third-order valence-corrected chi connectivity index (χ3v) is 4.87. The zero-order valence-corrected chi connectivity index (χ0v) is 17.5. The van der Waals surface area contributed by atoms with E-state index in [2.05, 4.69) is 5.32 Å². The van der Waals surface area contributed by atoms with Crippen LogP contribution in [0.25, 0.3) is 6.08 Å². The summed E-state index contributed by atoms with van der Waals surface area (Å²) < 4.78 is 24.1. The van der Waals surface area contributed by atoms with Crippen molar-refractivity contribution in [2.75, 3.05) is 12.4 Å². The van der Waals surface area contributed by atoms with Crippen molar-refractivity contribution in [3.05, 3.63) is 93.7 Å². The summed E-state index contributed by atoms with van der Waals surface area (Å²) in [6.07, 6.45) is 3.01. The summed E-state index contributed by atoms with van der Waals surface area (Å²) in [5.41, 5.74) is 1.93. The second-order valence-corrected chi connectivity index (χ2v) is 7.04. The minimum absolute atomic E-state index is 0.185. The first-order chi connectivity index (χ1) is 14.5. The highest BCUT2D eigenvalue weighted by atomic mass is 35.5. The topological polar surface area (TPSA) is 47.6 Å². The van der Waals surface area contributed by atoms with Gasteiger partial charge in [0.1, 0.15) is 12.4 Å². The Hall–Kier alpha value is -3.02. The molecule has 0 aliphatic heterocycles. The maximum absolute atomic E-state index is 12.9. The van der Waals surface area contributed by atoms with Crippen LogP contribution < -0.4 is 14.8 Å². The number of anilines is 1. The average Bonchev–Trinajstić information content (AvgIpc) is 2.74. The Morgan fingerprint density at radius 3 is 2.40 bits per heavy atom. The summed E-state index contributed by atoms with van der Waals surface area (Å²) in [6.45, 7) is 0.185. The zero-order chi connectivity index (χ0) is 21.5. The summed E-state index contributed by atoms with van der Waals surface area (Å²) >= 11 is 12.3. The van der Waals surface area contributed by atoms with E-state index in [0.717, 1.165) is 5.56 Å². The summed E-state index contributed by atoms with van der Waals surface area (Å²) in [5.74, 6) is 0.310. The maximum Gasteiger partial charge on any atom is 0.248 e. The molecule has 0 aliphatic carbocycles. The van der Waals surface area contributed by atoms with Crippen LogP contribution >= 0.6 is 23.2 Å². The van der Waals surface area contributed by atoms with Gasteiger partial charge < -0.3 is 14.8 Å². The molecule has 1 N–H and O–H groups in total. The van der Waals surface area contributed by atoms with E-state index in [0.29, 0.717) is 32.8 Å². The number of carbonyl (C=O) groups is 1. The lowest BCUT2D eigenvalue weighted by Gasteiger charge is -2.13. The summed E-state index contributed by atoms with van der Waals surface area (Å²) in [4.78, 5) is 12.0. The standard InChI is InChI=1S/C23H18Cl2FNO3/c1-29-22-13-15(6-12-23(28)27-17-9-7-16(26)8-10-17)5-11-21(22)30-14-18-19(24)3-2-4-20(18)25/h2-13H,14H2,1H3,(H,27,28)/b12-6+. The minimum Gasteiger partial charge on any atom is -0.493 e. The lowest BCUT2D eigenvalue weighted by Crippen LogP contribution is -2.07. The fraction of sp³-hybridized carbons (Fsp3) is 0.0870. The van der Waals surface area contributed by atoms with E-state index in [9.17, 15) is 9.18 Å². The predicted octanol–water partition coefficient (Wildman–Crippen LogP) is 6.37. The minimum atomic E-state index is -0.366. The molecule has 3 aromatic carbocycles. The second-order valence-electron chi connectivity index (χ2n) is 6.23. The van der Waals surface area contributed by atoms with Gasteiger partial charge in [-0.1, -0.05) is 35.3 Å². The Balaban J connectivity index is 1.66. The van der Waals surface area contributed by atoms with E-state index in [1.807, 2.05) is 0 Å². The number of carbonyl (C=O) groups excluding carboxylic acids is 1. The van der Waals surface area contributed by atoms with Crippen LogP contribution in [0.5, 0.6) is 11.5 Å². The van der Waals surface area contributed by atoms with Gasteiger partial charge in [-0.25, -0.2) is 4.39 Å². The van der Waals surface area contributed by atoms with Gasteiger partial charge in [-0.3, -0.25) is 4.79 Å². The van der Waals surface area contributed by atoms with Crippen molar-refractivity contribution in [1.29, 1.82) is 0 Å². The highest BCUT2D eigenvalue weighted by Crippen LogP contribution is 2.31. The van der Waals surface area contributed by atoms with Crippen molar-refractivity contribution in [2.45, 2.75) is 6.61 Å². The number of hydrogen-bond acceptors (Lipinski definition) is 3. The fourth-order valence-electron chi connectivity index (χ4n) is 2.62. The number of benzene rings is 3. The molecule has 3 aromatic rings. The van der Waals surface area contributed by atoms with Gasteiger partial charge in [0, 0.05) is 27.4 Å². The zero-order valence-electron chi connectivity index (χ0n) is 16.0. The quantitative estimate of drug-likeness (QED) is 0.429. The smallest absolute Gasteiger partial charge is 0.248 e. The molecule has 7 heteroatoms. The number of ether oxygens (including phenoxy) is 2. The molecule has 4 nitrogen and oxygen atoms in total. The molecular weight excluding hydrogens is 428 g/mol. The molecule has 30 heavy (non-hydrogen) atoms. The largest absolute Gasteiger partial charge is 0.493 e. The Morgan fingerprint density at radius 2 is 1.73 bits per heavy atom. The van der Waals surface area contributed by atoms with Gasteiger partial charge in [-0.15, -0.1) is 0 Å². The van der Waals surface area contributed by atoms with Crippen molar-refractivity contribution in [3.8, 4) is 11.5 Å². The van der Waals surface area contributed by atoms with Crippen molar-refractivity contribution in [2.24, 2.45) is 0 Å². The SMILES string of the molecule is COc1cc(/C=C/C(=O)Nc2ccc(F)cc2)ccc1OCc1c(Cl)cccc1Cl. The Kier molecular flexibility index (Phi) is 7.33. The Labute approximate surface area is 183 Å². The van der Waals surface area contributed by atoms with Crippen LogP contribution in [0.2, 0.25) is 10.0 Å². The van der Waals surface area contributed by atoms with Gasteiger partial charge in [0.05, 0.1) is 7.11 Å². The van der Waals surface area contributed by atoms with Gasteiger partial charge in [0.2, 0.25) is 5.91 Å². The Bertz CT molecular complexity index is 1050. The lowest BCUT2D eigenvalue weighted by atomic mass is 10.2. The average molecular weight is 446 g/mol. The van der Waals surface area contributed by atoms with Crippen LogP contribution in [0, 0.1) is 5.82 Å². The third-order valence-electron chi connectivity index (χ3n) is 4.16. The van der Waals surface area contributed by atoms with E-state index < -0.39 is 0 Å². The van der Waals surface area contributed by atoms with Crippen LogP contribution in [-0.4, -0.2) is 13.0 Å². The number of amides is 1. The van der Waals surface area contributed by atoms with Crippen LogP contribution in [-0.2, 0) is 11.4 Å². The number of halogens is 3. The number of rotatable bonds is 7. The molecule has 154 valence electrons. The van der Waals surface area contributed by atoms with Crippen molar-refractivity contribution in [3.63, 3.8) is 0 Å². The van der Waals surface area contributed by atoms with Crippen molar-refractivity contribution in [1.82, 2.24) is 0 Å². The van der Waals surface area contributed by atoms with E-state index >= 15 is 0 Å². The molecular formula is C23H18Cl2FNO3. The molecule has 3 rings (SSSR count). The molecule has 0 bridgehead atoms. The van der Waals surface area contributed by atoms with E-state index in [-0.39, 0.29) is 18.3 Å². The molecule has 0 saturated heterocycles. The number of nitrogens with one attached hydrogen (secondary N) is 1. The second kappa shape index (κ2) is 10.1. The normalized spacial score (nSPS) is 10.8. The van der Waals surface area contributed by atoms with E-state index in [1.165, 1.54) is 37.5 Å². The van der Waals surface area contributed by atoms with E-state index in [4.69, 9.17) is 32.7 Å². The first-order valence-electron chi connectivity index (χ1n) is 8.94. The number of methoxy groups -OCH3 is 1. The van der Waals surface area contributed by atoms with Crippen LogP contribution in [0.1, 0.15) is 11.1 Å². The molecule has 0 heterocycles. The molecule has 0 radical (unpaired) electrons. The molecule has 0 aliphatic rings. The van der Waals surface area contributed by atoms with Gasteiger partial charge in [0.25, 0.3) is 0 Å². The Morgan fingerprint density at radius 1 is 1.03 bits per heavy atom. The van der Waals surface area contributed by atoms with Crippen LogP contribution in [0.3, 0.4) is 0 Å². The van der Waals surface area contributed by atoms with Crippen LogP contribution in [0.15, 0.2) is 66.7 Å². The summed E-state index contributed by atoms with van der Waals surface area (Å²) in [6, 6.07) is 16.0. The molecule has 0 aromatic heterocycles. The monoisotopic (exact) mass is 445 g/mol. The van der Waals surface area contributed by atoms with Crippen molar-refractivity contribution < 1.29 is 18.7 Å². The molecule has 0 spiro atoms. The molecule has 0 atom stereocenters. The maximum atomic E-state index is 12.9. The van der Waals surface area contributed by atoms with Gasteiger partial charge in [-0.2, -0.15) is 0 Å². The fourth-order valence-corrected chi connectivity index (χ4v) is 3.12. The highest BCUT2D eigenvalue weighted by Gasteiger charge is 2.10. The van der Waals surface area contributed by atoms with Gasteiger partial charge in [-0.05, 0) is 60.2 Å². The first kappa shape index (κ1) is 21.7. The first-order valence-corrected chi connectivity index (χ1v) is 9.70. The van der Waals surface area contributed by atoms with E-state index in [1.54, 1.807) is 42.5 Å².